The third kappa shape index (κ3) is 4.41. The van der Waals surface area contributed by atoms with Gasteiger partial charge in [0.1, 0.15) is 17.2 Å². The van der Waals surface area contributed by atoms with Gasteiger partial charge in [-0.2, -0.15) is 0 Å². The molecule has 0 aliphatic rings. The van der Waals surface area contributed by atoms with Crippen molar-refractivity contribution < 1.29 is 13.9 Å². The Morgan fingerprint density at radius 1 is 0.909 bits per heavy atom. The molecule has 0 spiro atoms. The van der Waals surface area contributed by atoms with Crippen molar-refractivity contribution in [2.24, 2.45) is 0 Å². The largest absolute Gasteiger partial charge is 0.466 e. The Balaban J connectivity index is 1.71. The fourth-order valence-corrected chi connectivity index (χ4v) is 3.89. The van der Waals surface area contributed by atoms with Crippen molar-refractivity contribution in [1.29, 1.82) is 0 Å². The minimum atomic E-state index is -0.406. The van der Waals surface area contributed by atoms with Gasteiger partial charge in [-0.15, -0.1) is 0 Å². The van der Waals surface area contributed by atoms with Crippen molar-refractivity contribution in [2.75, 3.05) is 0 Å². The van der Waals surface area contributed by atoms with Crippen molar-refractivity contribution >= 4 is 11.6 Å². The summed E-state index contributed by atoms with van der Waals surface area (Å²) < 4.78 is 13.3. The molecule has 0 aliphatic carbocycles. The Kier molecular flexibility index (Phi) is 5.48. The molecule has 3 aromatic heterocycles. The number of esters is 1. The van der Waals surface area contributed by atoms with Crippen LogP contribution in [0.5, 0.6) is 5.88 Å². The highest BCUT2D eigenvalue weighted by Crippen LogP contribution is 2.29. The van der Waals surface area contributed by atoms with Gasteiger partial charge in [-0.25, -0.2) is 9.97 Å². The Hall–Kier alpha value is -4.19. The van der Waals surface area contributed by atoms with Gasteiger partial charge in [-0.1, -0.05) is 60.7 Å². The highest BCUT2D eigenvalue weighted by Gasteiger charge is 2.21. The molecule has 5 aromatic rings. The summed E-state index contributed by atoms with van der Waals surface area (Å²) in [5, 5.41) is 0. The average Bonchev–Trinajstić information content (AvgIpc) is 3.38. The standard InChI is InChI=1S/C27H23N3O3/c1-18-13-14-22(32-18)16-24-27(33-19(2)31)30-17-25(21-11-7-4-8-12-21)28-23(26(30)29-24)15-20-9-5-3-6-10-20/h3-14,17H,15-16H2,1-2H3. The molecule has 0 saturated carbocycles. The van der Waals surface area contributed by atoms with Crippen LogP contribution in [0.4, 0.5) is 0 Å². The molecule has 3 heterocycles. The molecule has 0 aliphatic heterocycles. The van der Waals surface area contributed by atoms with Gasteiger partial charge in [-0.3, -0.25) is 9.20 Å². The lowest BCUT2D eigenvalue weighted by atomic mass is 10.1. The predicted octanol–water partition coefficient (Wildman–Crippen LogP) is 5.40. The second kappa shape index (κ2) is 8.74. The smallest absolute Gasteiger partial charge is 0.309 e. The van der Waals surface area contributed by atoms with Crippen molar-refractivity contribution in [3.8, 4) is 17.1 Å². The highest BCUT2D eigenvalue weighted by molar-refractivity contribution is 5.70. The number of aryl methyl sites for hydroxylation is 1. The van der Waals surface area contributed by atoms with Gasteiger partial charge in [0.05, 0.1) is 17.8 Å². The fourth-order valence-electron chi connectivity index (χ4n) is 3.89. The molecule has 0 N–H and O–H groups in total. The lowest BCUT2D eigenvalue weighted by molar-refractivity contribution is -0.132. The molecule has 0 radical (unpaired) electrons. The van der Waals surface area contributed by atoms with Crippen molar-refractivity contribution in [2.45, 2.75) is 26.7 Å². The fraction of sp³-hybridized carbons (Fsp3) is 0.148. The van der Waals surface area contributed by atoms with E-state index in [9.17, 15) is 4.79 Å². The Morgan fingerprint density at radius 3 is 2.30 bits per heavy atom. The van der Waals surface area contributed by atoms with Crippen LogP contribution in [0.25, 0.3) is 16.9 Å². The maximum Gasteiger partial charge on any atom is 0.309 e. The first-order chi connectivity index (χ1) is 16.1. The molecule has 164 valence electrons. The highest BCUT2D eigenvalue weighted by atomic mass is 16.5. The van der Waals surface area contributed by atoms with E-state index >= 15 is 0 Å². The SMILES string of the molecule is CC(=O)Oc1c(Cc2ccc(C)o2)nc2c(Cc3ccccc3)nc(-c3ccccc3)cn12. The Morgan fingerprint density at radius 2 is 1.64 bits per heavy atom. The van der Waals surface area contributed by atoms with Gasteiger partial charge < -0.3 is 9.15 Å². The first kappa shape index (κ1) is 20.7. The molecule has 33 heavy (non-hydrogen) atoms. The van der Waals surface area contributed by atoms with Crippen molar-refractivity contribution in [3.63, 3.8) is 0 Å². The summed E-state index contributed by atoms with van der Waals surface area (Å²) >= 11 is 0. The van der Waals surface area contributed by atoms with E-state index in [0.29, 0.717) is 30.1 Å². The predicted molar refractivity (Wildman–Crippen MR) is 125 cm³/mol. The Labute approximate surface area is 191 Å². The number of benzene rings is 2. The molecule has 0 saturated heterocycles. The monoisotopic (exact) mass is 437 g/mol. The third-order valence-corrected chi connectivity index (χ3v) is 5.36. The zero-order chi connectivity index (χ0) is 22.8. The van der Waals surface area contributed by atoms with E-state index in [0.717, 1.165) is 34.0 Å². The van der Waals surface area contributed by atoms with Crippen molar-refractivity contribution in [3.05, 3.63) is 107 Å². The van der Waals surface area contributed by atoms with Crippen LogP contribution in [0.1, 0.15) is 35.4 Å². The van der Waals surface area contributed by atoms with Gasteiger partial charge in [0, 0.05) is 25.1 Å². The molecule has 0 unspecified atom stereocenters. The summed E-state index contributed by atoms with van der Waals surface area (Å²) in [4.78, 5) is 21.8. The maximum atomic E-state index is 12.0. The lowest BCUT2D eigenvalue weighted by Crippen LogP contribution is -2.07. The minimum absolute atomic E-state index is 0.389. The van der Waals surface area contributed by atoms with Crippen LogP contribution in [0.3, 0.4) is 0 Å². The number of rotatable bonds is 6. The van der Waals surface area contributed by atoms with E-state index in [2.05, 4.69) is 12.1 Å². The number of hydrogen-bond acceptors (Lipinski definition) is 5. The Bertz CT molecular complexity index is 1420. The first-order valence-electron chi connectivity index (χ1n) is 10.8. The van der Waals surface area contributed by atoms with Crippen LogP contribution in [-0.4, -0.2) is 20.3 Å². The van der Waals surface area contributed by atoms with Crippen LogP contribution in [0.2, 0.25) is 0 Å². The number of carbonyl (C=O) groups excluding carboxylic acids is 1. The molecular formula is C27H23N3O3. The number of fused-ring (bicyclic) bond motifs is 1. The van der Waals surface area contributed by atoms with Gasteiger partial charge in [0.25, 0.3) is 0 Å². The van der Waals surface area contributed by atoms with E-state index in [1.807, 2.05) is 78.2 Å². The van der Waals surface area contributed by atoms with E-state index in [1.165, 1.54) is 6.92 Å². The number of nitrogens with zero attached hydrogens (tertiary/aromatic N) is 3. The molecule has 2 aromatic carbocycles. The first-order valence-corrected chi connectivity index (χ1v) is 10.8. The van der Waals surface area contributed by atoms with Gasteiger partial charge >= 0.3 is 5.97 Å². The van der Waals surface area contributed by atoms with Crippen LogP contribution in [0, 0.1) is 6.92 Å². The van der Waals surface area contributed by atoms with Crippen LogP contribution >= 0.6 is 0 Å². The molecule has 0 fully saturated rings. The summed E-state index contributed by atoms with van der Waals surface area (Å²) in [5.74, 6) is 1.56. The van der Waals surface area contributed by atoms with Crippen LogP contribution in [-0.2, 0) is 17.6 Å². The van der Waals surface area contributed by atoms with Crippen LogP contribution in [0.15, 0.2) is 83.4 Å². The normalized spacial score (nSPS) is 11.1. The number of aromatic nitrogens is 3. The third-order valence-electron chi connectivity index (χ3n) is 5.36. The molecule has 0 amide bonds. The van der Waals surface area contributed by atoms with E-state index < -0.39 is 5.97 Å². The summed E-state index contributed by atoms with van der Waals surface area (Å²) in [5.41, 5.74) is 4.96. The zero-order valence-electron chi connectivity index (χ0n) is 18.5. The molecule has 6 heteroatoms. The quantitative estimate of drug-likeness (QED) is 0.333. The second-order valence-corrected chi connectivity index (χ2v) is 7.94. The second-order valence-electron chi connectivity index (χ2n) is 7.94. The number of ether oxygens (including phenoxy) is 1. The van der Waals surface area contributed by atoms with Gasteiger partial charge in [0.15, 0.2) is 5.65 Å². The topological polar surface area (TPSA) is 69.6 Å². The summed E-state index contributed by atoms with van der Waals surface area (Å²) in [7, 11) is 0. The zero-order valence-corrected chi connectivity index (χ0v) is 18.5. The van der Waals surface area contributed by atoms with E-state index in [4.69, 9.17) is 19.1 Å². The molecule has 6 nitrogen and oxygen atoms in total. The number of imidazole rings is 1. The van der Waals surface area contributed by atoms with E-state index in [-0.39, 0.29) is 0 Å². The summed E-state index contributed by atoms with van der Waals surface area (Å²) in [6, 6.07) is 23.9. The summed E-state index contributed by atoms with van der Waals surface area (Å²) in [6.45, 7) is 3.29. The van der Waals surface area contributed by atoms with E-state index in [1.54, 1.807) is 0 Å². The van der Waals surface area contributed by atoms with Gasteiger partial charge in [-0.05, 0) is 24.6 Å². The maximum absolute atomic E-state index is 12.0. The molecular weight excluding hydrogens is 414 g/mol. The number of carbonyl (C=O) groups is 1. The molecule has 0 bridgehead atoms. The average molecular weight is 437 g/mol. The summed E-state index contributed by atoms with van der Waals surface area (Å²) in [6.07, 6.45) is 2.88. The minimum Gasteiger partial charge on any atom is -0.466 e. The van der Waals surface area contributed by atoms with Crippen LogP contribution < -0.4 is 4.74 Å². The van der Waals surface area contributed by atoms with Gasteiger partial charge in [0.2, 0.25) is 5.88 Å². The molecule has 0 atom stereocenters. The number of hydrogen-bond donors (Lipinski definition) is 0. The van der Waals surface area contributed by atoms with Crippen molar-refractivity contribution in [1.82, 2.24) is 14.4 Å². The lowest BCUT2D eigenvalue weighted by Gasteiger charge is -2.10. The molecule has 5 rings (SSSR count). The number of furan rings is 1.